The molecule has 4 atom stereocenters. The third-order valence-corrected chi connectivity index (χ3v) is 9.13. The van der Waals surface area contributed by atoms with Crippen LogP contribution in [0.1, 0.15) is 30.4 Å². The number of hydrogen-bond acceptors (Lipinski definition) is 8. The third-order valence-electron chi connectivity index (χ3n) is 8.64. The molecular weight excluding hydrogens is 641 g/mol. The Morgan fingerprint density at radius 3 is 2.51 bits per heavy atom. The molecule has 0 spiro atoms. The van der Waals surface area contributed by atoms with Crippen LogP contribution in [0.3, 0.4) is 0 Å². The lowest BCUT2D eigenvalue weighted by atomic mass is 9.68. The molecule has 5 N–H and O–H groups in total. The summed E-state index contributed by atoms with van der Waals surface area (Å²) in [6.45, 7) is -0.344. The SMILES string of the molecule is COCC1=C([C@H](O)CC/C(=C/c2cc(Br)ccc2O)c2ccccc2)[C@H](CO)[C@@H]2C(=O)N(c3cccc(B(O)O)c3)C(=O)[C@@H]2C1. The van der Waals surface area contributed by atoms with Crippen molar-refractivity contribution in [3.63, 3.8) is 0 Å². The molecule has 1 heterocycles. The number of fused-ring (bicyclic) bond motifs is 1. The van der Waals surface area contributed by atoms with Gasteiger partial charge in [-0.25, -0.2) is 0 Å². The number of phenols is 1. The molecule has 1 fully saturated rings. The number of benzene rings is 3. The van der Waals surface area contributed by atoms with Gasteiger partial charge in [0.05, 0.1) is 36.8 Å². The molecule has 1 saturated heterocycles. The number of methoxy groups -OCH3 is 1. The maximum atomic E-state index is 13.8. The lowest BCUT2D eigenvalue weighted by molar-refractivity contribution is -0.123. The molecule has 9 nitrogen and oxygen atoms in total. The van der Waals surface area contributed by atoms with Crippen LogP contribution in [0.25, 0.3) is 11.6 Å². The number of rotatable bonds is 11. The highest BCUT2D eigenvalue weighted by atomic mass is 79.9. The van der Waals surface area contributed by atoms with Crippen LogP contribution in [0.2, 0.25) is 0 Å². The van der Waals surface area contributed by atoms with Crippen LogP contribution in [-0.2, 0) is 14.3 Å². The predicted octanol–water partition coefficient (Wildman–Crippen LogP) is 3.28. The van der Waals surface area contributed by atoms with E-state index in [0.29, 0.717) is 23.1 Å². The number of ether oxygens (including phenoxy) is 1. The zero-order valence-corrected chi connectivity index (χ0v) is 26.3. The molecule has 2 aliphatic rings. The van der Waals surface area contributed by atoms with E-state index in [1.54, 1.807) is 18.2 Å². The fourth-order valence-electron chi connectivity index (χ4n) is 6.57. The Balaban J connectivity index is 1.46. The van der Waals surface area contributed by atoms with Crippen molar-refractivity contribution in [3.05, 3.63) is 99.5 Å². The summed E-state index contributed by atoms with van der Waals surface area (Å²) in [7, 11) is -0.263. The van der Waals surface area contributed by atoms with E-state index in [1.165, 1.54) is 25.3 Å². The Bertz CT molecular complexity index is 1630. The van der Waals surface area contributed by atoms with Gasteiger partial charge in [-0.1, -0.05) is 58.4 Å². The monoisotopic (exact) mass is 675 g/mol. The Morgan fingerprint density at radius 1 is 1.07 bits per heavy atom. The van der Waals surface area contributed by atoms with Gasteiger partial charge in [-0.05, 0) is 83.4 Å². The first-order valence-electron chi connectivity index (χ1n) is 14.7. The van der Waals surface area contributed by atoms with Gasteiger partial charge in [-0.3, -0.25) is 14.5 Å². The molecule has 1 aliphatic heterocycles. The van der Waals surface area contributed by atoms with E-state index in [-0.39, 0.29) is 36.3 Å². The lowest BCUT2D eigenvalue weighted by Gasteiger charge is -2.36. The number of amides is 2. The molecule has 0 aromatic heterocycles. The summed E-state index contributed by atoms with van der Waals surface area (Å²) < 4.78 is 6.26. The summed E-state index contributed by atoms with van der Waals surface area (Å²) in [6.07, 6.45) is 1.65. The molecule has 234 valence electrons. The zero-order valence-electron chi connectivity index (χ0n) is 24.7. The van der Waals surface area contributed by atoms with Crippen molar-refractivity contribution in [2.75, 3.05) is 25.2 Å². The van der Waals surface area contributed by atoms with Gasteiger partial charge in [0.25, 0.3) is 0 Å². The molecule has 1 aliphatic carbocycles. The van der Waals surface area contributed by atoms with E-state index in [2.05, 4.69) is 15.9 Å². The quantitative estimate of drug-likeness (QED) is 0.0901. The maximum Gasteiger partial charge on any atom is 0.488 e. The first-order valence-corrected chi connectivity index (χ1v) is 15.5. The van der Waals surface area contributed by atoms with E-state index in [1.807, 2.05) is 42.5 Å². The molecule has 0 bridgehead atoms. The minimum atomic E-state index is -1.77. The number of aliphatic hydroxyl groups is 2. The number of halogens is 1. The number of aliphatic hydroxyl groups excluding tert-OH is 2. The van der Waals surface area contributed by atoms with Gasteiger partial charge in [0.15, 0.2) is 0 Å². The van der Waals surface area contributed by atoms with Crippen molar-refractivity contribution in [3.8, 4) is 5.75 Å². The highest BCUT2D eigenvalue weighted by Crippen LogP contribution is 2.47. The smallest absolute Gasteiger partial charge is 0.488 e. The molecule has 0 radical (unpaired) electrons. The van der Waals surface area contributed by atoms with Crippen molar-refractivity contribution in [1.29, 1.82) is 0 Å². The maximum absolute atomic E-state index is 13.8. The molecule has 5 rings (SSSR count). The van der Waals surface area contributed by atoms with Gasteiger partial charge < -0.3 is 30.1 Å². The first-order chi connectivity index (χ1) is 21.6. The molecule has 2 amide bonds. The van der Waals surface area contributed by atoms with Crippen LogP contribution in [0.5, 0.6) is 5.75 Å². The second-order valence-corrected chi connectivity index (χ2v) is 12.3. The second kappa shape index (κ2) is 14.2. The summed E-state index contributed by atoms with van der Waals surface area (Å²) in [5.41, 5.74) is 3.91. The van der Waals surface area contributed by atoms with Gasteiger partial charge in [-0.15, -0.1) is 0 Å². The molecule has 0 unspecified atom stereocenters. The van der Waals surface area contributed by atoms with Crippen molar-refractivity contribution in [1.82, 2.24) is 0 Å². The number of nitrogens with zero attached hydrogens (tertiary/aromatic N) is 1. The molecule has 11 heteroatoms. The second-order valence-electron chi connectivity index (χ2n) is 11.4. The number of carbonyl (C=O) groups is 2. The number of carbonyl (C=O) groups excluding carboxylic acids is 2. The number of anilines is 1. The normalized spacial score (nSPS) is 20.9. The Kier molecular flexibility index (Phi) is 10.4. The van der Waals surface area contributed by atoms with E-state index < -0.39 is 49.4 Å². The molecule has 45 heavy (non-hydrogen) atoms. The summed E-state index contributed by atoms with van der Waals surface area (Å²) >= 11 is 3.45. The van der Waals surface area contributed by atoms with Crippen LogP contribution in [0, 0.1) is 17.8 Å². The lowest BCUT2D eigenvalue weighted by Crippen LogP contribution is -2.39. The van der Waals surface area contributed by atoms with Gasteiger partial charge in [-0.2, -0.15) is 0 Å². The van der Waals surface area contributed by atoms with Gasteiger partial charge in [0.1, 0.15) is 5.75 Å². The number of aromatic hydroxyl groups is 1. The van der Waals surface area contributed by atoms with E-state index in [0.717, 1.165) is 20.5 Å². The summed E-state index contributed by atoms with van der Waals surface area (Å²) in [6, 6.07) is 20.7. The number of allylic oxidation sites excluding steroid dienone is 1. The number of hydrogen-bond donors (Lipinski definition) is 5. The standard InChI is InChI=1S/C34H35BBrNO8/c1-45-19-23-16-27-32(34(42)37(33(27)41)26-9-5-8-24(17-26)35(43)44)28(18-38)31(23)30(40)12-10-21(20-6-3-2-4-7-20)14-22-15-25(36)11-13-29(22)39/h2-9,11,13-15,17,27-28,30,32,38-40,43-44H,10,12,16,18-19H2,1H3/b21-14-/t27-,28+,30-,32-/m1/s1. The molecule has 3 aromatic rings. The average Bonchev–Trinajstić information content (AvgIpc) is 3.29. The summed E-state index contributed by atoms with van der Waals surface area (Å²) in [5.74, 6) is -3.33. The molecule has 3 aromatic carbocycles. The minimum absolute atomic E-state index is 0.115. The van der Waals surface area contributed by atoms with Crippen molar-refractivity contribution >= 4 is 57.7 Å². The van der Waals surface area contributed by atoms with Crippen molar-refractivity contribution < 1.29 is 39.7 Å². The van der Waals surface area contributed by atoms with Crippen LogP contribution in [0.15, 0.2) is 88.4 Å². The topological polar surface area (TPSA) is 148 Å². The van der Waals surface area contributed by atoms with Crippen molar-refractivity contribution in [2.24, 2.45) is 17.8 Å². The highest BCUT2D eigenvalue weighted by Gasteiger charge is 2.55. The minimum Gasteiger partial charge on any atom is -0.507 e. The fourth-order valence-corrected chi connectivity index (χ4v) is 6.95. The third kappa shape index (κ3) is 6.84. The van der Waals surface area contributed by atoms with E-state index in [4.69, 9.17) is 4.74 Å². The van der Waals surface area contributed by atoms with E-state index >= 15 is 0 Å². The fraction of sp³-hybridized carbons (Fsp3) is 0.294. The van der Waals surface area contributed by atoms with Gasteiger partial charge >= 0.3 is 7.12 Å². The largest absolute Gasteiger partial charge is 0.507 e. The summed E-state index contributed by atoms with van der Waals surface area (Å²) in [5, 5.41) is 52.1. The van der Waals surface area contributed by atoms with Crippen LogP contribution in [-0.4, -0.2) is 70.7 Å². The van der Waals surface area contributed by atoms with Crippen LogP contribution in [0.4, 0.5) is 5.69 Å². The zero-order chi connectivity index (χ0) is 32.2. The van der Waals surface area contributed by atoms with Gasteiger partial charge in [0.2, 0.25) is 11.8 Å². The van der Waals surface area contributed by atoms with Crippen LogP contribution >= 0.6 is 15.9 Å². The average molecular weight is 676 g/mol. The molecular formula is C34H35BBrNO8. The van der Waals surface area contributed by atoms with E-state index in [9.17, 15) is 35.0 Å². The Morgan fingerprint density at radius 2 is 1.82 bits per heavy atom. The van der Waals surface area contributed by atoms with Crippen LogP contribution < -0.4 is 10.4 Å². The number of phenolic OH excluding ortho intramolecular Hbond substituents is 1. The van der Waals surface area contributed by atoms with Crippen molar-refractivity contribution in [2.45, 2.75) is 25.4 Å². The summed E-state index contributed by atoms with van der Waals surface area (Å²) in [4.78, 5) is 28.5. The number of imide groups is 1. The molecule has 0 saturated carbocycles. The predicted molar refractivity (Wildman–Crippen MR) is 175 cm³/mol. The highest BCUT2D eigenvalue weighted by molar-refractivity contribution is 9.10. The Hall–Kier alpha value is -3.58. The first kappa shape index (κ1) is 32.8. The van der Waals surface area contributed by atoms with Gasteiger partial charge in [0, 0.05) is 23.1 Å². The Labute approximate surface area is 270 Å².